The summed E-state index contributed by atoms with van der Waals surface area (Å²) in [4.78, 5) is 12.2. The summed E-state index contributed by atoms with van der Waals surface area (Å²) in [6.45, 7) is 1.89. The number of halogens is 3. The first-order chi connectivity index (χ1) is 9.38. The summed E-state index contributed by atoms with van der Waals surface area (Å²) >= 11 is 15.3. The van der Waals surface area contributed by atoms with Gasteiger partial charge in [-0.05, 0) is 58.7 Å². The van der Waals surface area contributed by atoms with Crippen molar-refractivity contribution >= 4 is 56.4 Å². The van der Waals surface area contributed by atoms with Crippen LogP contribution >= 0.6 is 39.1 Å². The Bertz CT molecular complexity index is 689. The van der Waals surface area contributed by atoms with Crippen LogP contribution in [0.15, 0.2) is 34.8 Å². The smallest absolute Gasteiger partial charge is 0.257 e. The largest absolute Gasteiger partial charge is 0.398 e. The van der Waals surface area contributed by atoms with Crippen LogP contribution in [0.2, 0.25) is 10.0 Å². The summed E-state index contributed by atoms with van der Waals surface area (Å²) in [6.07, 6.45) is 0. The maximum atomic E-state index is 12.2. The summed E-state index contributed by atoms with van der Waals surface area (Å²) in [7, 11) is 0. The van der Waals surface area contributed by atoms with Crippen molar-refractivity contribution in [3.63, 3.8) is 0 Å². The number of benzene rings is 2. The van der Waals surface area contributed by atoms with Gasteiger partial charge < -0.3 is 11.1 Å². The molecule has 0 unspecified atom stereocenters. The van der Waals surface area contributed by atoms with Gasteiger partial charge in [0.15, 0.2) is 0 Å². The van der Waals surface area contributed by atoms with E-state index in [1.807, 2.05) is 13.0 Å². The molecule has 2 aromatic rings. The second-order valence-corrected chi connectivity index (χ2v) is 5.96. The summed E-state index contributed by atoms with van der Waals surface area (Å²) in [6, 6.07) is 8.25. The molecule has 3 nitrogen and oxygen atoms in total. The minimum atomic E-state index is -0.346. The van der Waals surface area contributed by atoms with E-state index >= 15 is 0 Å². The average Bonchev–Trinajstić information content (AvgIpc) is 2.38. The number of amides is 1. The third-order valence-electron chi connectivity index (χ3n) is 2.78. The molecule has 2 rings (SSSR count). The number of carbonyl (C=O) groups excluding carboxylic acids is 1. The Morgan fingerprint density at radius 1 is 1.25 bits per heavy atom. The highest BCUT2D eigenvalue weighted by Crippen LogP contribution is 2.29. The number of hydrogen-bond donors (Lipinski definition) is 2. The molecule has 2 aromatic carbocycles. The molecule has 0 fully saturated rings. The molecule has 6 heteroatoms. The molecule has 104 valence electrons. The van der Waals surface area contributed by atoms with Crippen molar-refractivity contribution in [1.82, 2.24) is 0 Å². The zero-order valence-corrected chi connectivity index (χ0v) is 13.6. The normalized spacial score (nSPS) is 10.4. The fraction of sp³-hybridized carbons (Fsp3) is 0.0714. The van der Waals surface area contributed by atoms with E-state index in [0.29, 0.717) is 27.0 Å². The second kappa shape index (κ2) is 6.04. The molecule has 1 amide bonds. The third-order valence-corrected chi connectivity index (χ3v) is 4.00. The van der Waals surface area contributed by atoms with Gasteiger partial charge in [0.05, 0.1) is 16.3 Å². The number of carbonyl (C=O) groups is 1. The van der Waals surface area contributed by atoms with E-state index in [1.54, 1.807) is 18.2 Å². The molecular formula is C14H11BrCl2N2O. The third kappa shape index (κ3) is 3.26. The van der Waals surface area contributed by atoms with Crippen LogP contribution in [0.3, 0.4) is 0 Å². The molecule has 0 aliphatic rings. The lowest BCUT2D eigenvalue weighted by atomic mass is 10.1. The van der Waals surface area contributed by atoms with E-state index in [4.69, 9.17) is 28.9 Å². The lowest BCUT2D eigenvalue weighted by Crippen LogP contribution is -2.13. The average molecular weight is 374 g/mol. The number of nitrogens with two attached hydrogens (primary N) is 1. The highest BCUT2D eigenvalue weighted by atomic mass is 79.9. The van der Waals surface area contributed by atoms with Crippen molar-refractivity contribution < 1.29 is 4.79 Å². The molecule has 0 aliphatic carbocycles. The Labute approximate surface area is 135 Å². The van der Waals surface area contributed by atoms with Crippen LogP contribution in [-0.4, -0.2) is 5.91 Å². The van der Waals surface area contributed by atoms with Crippen molar-refractivity contribution in [1.29, 1.82) is 0 Å². The van der Waals surface area contributed by atoms with E-state index in [9.17, 15) is 4.79 Å². The number of hydrogen-bond acceptors (Lipinski definition) is 2. The molecule has 0 bridgehead atoms. The van der Waals surface area contributed by atoms with E-state index in [2.05, 4.69) is 21.2 Å². The second-order valence-electron chi connectivity index (χ2n) is 4.27. The predicted molar refractivity (Wildman–Crippen MR) is 87.7 cm³/mol. The first-order valence-corrected chi connectivity index (χ1v) is 7.25. The van der Waals surface area contributed by atoms with Crippen LogP contribution in [0.4, 0.5) is 11.4 Å². The first kappa shape index (κ1) is 15.2. The van der Waals surface area contributed by atoms with Crippen molar-refractivity contribution in [3.05, 3.63) is 56.0 Å². The highest BCUT2D eigenvalue weighted by molar-refractivity contribution is 9.10. The predicted octanol–water partition coefficient (Wildman–Crippen LogP) is 4.90. The molecule has 0 atom stereocenters. The number of rotatable bonds is 2. The zero-order chi connectivity index (χ0) is 14.9. The Balaban J connectivity index is 2.32. The standard InChI is InChI=1S/C14H11BrCl2N2O/c1-7-4-10(15)13(6-12(7)18)19-14(20)9-5-8(16)2-3-11(9)17/h2-6H,18H2,1H3,(H,19,20). The van der Waals surface area contributed by atoms with E-state index in [0.717, 1.165) is 10.0 Å². The Hall–Kier alpha value is -1.23. The van der Waals surface area contributed by atoms with Gasteiger partial charge in [0.2, 0.25) is 0 Å². The molecule has 3 N–H and O–H groups in total. The number of aryl methyl sites for hydroxylation is 1. The van der Waals surface area contributed by atoms with Crippen molar-refractivity contribution in [2.45, 2.75) is 6.92 Å². The summed E-state index contributed by atoms with van der Waals surface area (Å²) in [5.74, 6) is -0.346. The van der Waals surface area contributed by atoms with Gasteiger partial charge in [-0.1, -0.05) is 23.2 Å². The van der Waals surface area contributed by atoms with Gasteiger partial charge in [-0.3, -0.25) is 4.79 Å². The minimum Gasteiger partial charge on any atom is -0.398 e. The zero-order valence-electron chi connectivity index (χ0n) is 10.5. The maximum absolute atomic E-state index is 12.2. The van der Waals surface area contributed by atoms with Crippen LogP contribution in [-0.2, 0) is 0 Å². The summed E-state index contributed by atoms with van der Waals surface area (Å²) in [5.41, 5.74) is 8.25. The monoisotopic (exact) mass is 372 g/mol. The Morgan fingerprint density at radius 2 is 1.95 bits per heavy atom. The van der Waals surface area contributed by atoms with E-state index < -0.39 is 0 Å². The molecule has 0 radical (unpaired) electrons. The molecule has 0 spiro atoms. The van der Waals surface area contributed by atoms with Crippen molar-refractivity contribution in [2.75, 3.05) is 11.1 Å². The van der Waals surface area contributed by atoms with Gasteiger partial charge in [0.25, 0.3) is 5.91 Å². The van der Waals surface area contributed by atoms with Gasteiger partial charge in [-0.25, -0.2) is 0 Å². The lowest BCUT2D eigenvalue weighted by molar-refractivity contribution is 0.102. The van der Waals surface area contributed by atoms with Crippen molar-refractivity contribution in [2.24, 2.45) is 0 Å². The Kier molecular flexibility index (Phi) is 4.58. The topological polar surface area (TPSA) is 55.1 Å². The van der Waals surface area contributed by atoms with Crippen LogP contribution in [0.1, 0.15) is 15.9 Å². The molecule has 0 saturated heterocycles. The van der Waals surface area contributed by atoms with Gasteiger partial charge in [0.1, 0.15) is 0 Å². The highest BCUT2D eigenvalue weighted by Gasteiger charge is 2.13. The van der Waals surface area contributed by atoms with Crippen molar-refractivity contribution in [3.8, 4) is 0 Å². The Morgan fingerprint density at radius 3 is 2.65 bits per heavy atom. The summed E-state index contributed by atoms with van der Waals surface area (Å²) in [5, 5.41) is 3.54. The maximum Gasteiger partial charge on any atom is 0.257 e. The van der Waals surface area contributed by atoms with Gasteiger partial charge in [-0.2, -0.15) is 0 Å². The number of anilines is 2. The molecule has 0 aromatic heterocycles. The quantitative estimate of drug-likeness (QED) is 0.735. The lowest BCUT2D eigenvalue weighted by Gasteiger charge is -2.11. The van der Waals surface area contributed by atoms with Crippen LogP contribution in [0, 0.1) is 6.92 Å². The summed E-state index contributed by atoms with van der Waals surface area (Å²) < 4.78 is 0.746. The SMILES string of the molecule is Cc1cc(Br)c(NC(=O)c2cc(Cl)ccc2Cl)cc1N. The molecule has 0 saturated carbocycles. The number of nitrogen functional groups attached to an aromatic ring is 1. The van der Waals surface area contributed by atoms with Crippen LogP contribution in [0.25, 0.3) is 0 Å². The van der Waals surface area contributed by atoms with Crippen LogP contribution < -0.4 is 11.1 Å². The molecule has 20 heavy (non-hydrogen) atoms. The van der Waals surface area contributed by atoms with Gasteiger partial charge in [-0.15, -0.1) is 0 Å². The van der Waals surface area contributed by atoms with E-state index in [-0.39, 0.29) is 5.91 Å². The van der Waals surface area contributed by atoms with E-state index in [1.165, 1.54) is 6.07 Å². The molecular weight excluding hydrogens is 363 g/mol. The van der Waals surface area contributed by atoms with Gasteiger partial charge in [0, 0.05) is 15.2 Å². The van der Waals surface area contributed by atoms with Gasteiger partial charge >= 0.3 is 0 Å². The molecule has 0 heterocycles. The van der Waals surface area contributed by atoms with Crippen LogP contribution in [0.5, 0.6) is 0 Å². The number of nitrogens with one attached hydrogen (secondary N) is 1. The minimum absolute atomic E-state index is 0.310. The molecule has 0 aliphatic heterocycles. The fourth-order valence-electron chi connectivity index (χ4n) is 1.65. The fourth-order valence-corrected chi connectivity index (χ4v) is 2.58. The first-order valence-electron chi connectivity index (χ1n) is 5.70.